The maximum absolute atomic E-state index is 12.8. The van der Waals surface area contributed by atoms with Crippen molar-refractivity contribution in [2.45, 2.75) is 24.8 Å². The normalized spacial score (nSPS) is 13.9. The molecule has 1 aromatic carbocycles. The highest BCUT2D eigenvalue weighted by molar-refractivity contribution is 7.89. The number of primary sulfonamides is 1. The Hall–Kier alpha value is -2.29. The molecule has 2 aromatic rings. The van der Waals surface area contributed by atoms with Gasteiger partial charge in [-0.05, 0) is 48.9 Å². The molecule has 0 unspecified atom stereocenters. The van der Waals surface area contributed by atoms with Crippen molar-refractivity contribution in [1.29, 1.82) is 0 Å². The molecule has 0 atom stereocenters. The molecule has 0 aliphatic carbocycles. The topological polar surface area (TPSA) is 96.6 Å². The van der Waals surface area contributed by atoms with Crippen LogP contribution in [0.4, 0.5) is 5.69 Å². The summed E-state index contributed by atoms with van der Waals surface area (Å²) in [4.78, 5) is 20.9. The number of nitrogens with two attached hydrogens (primary N) is 1. The van der Waals surface area contributed by atoms with Crippen LogP contribution in [0.15, 0.2) is 47.5 Å². The zero-order chi connectivity index (χ0) is 18.7. The zero-order valence-corrected chi connectivity index (χ0v) is 15.4. The van der Waals surface area contributed by atoms with Gasteiger partial charge in [0, 0.05) is 25.0 Å². The first kappa shape index (κ1) is 18.5. The Bertz CT molecular complexity index is 900. The lowest BCUT2D eigenvalue weighted by Crippen LogP contribution is -2.39. The van der Waals surface area contributed by atoms with Gasteiger partial charge in [0.05, 0.1) is 17.1 Å². The van der Waals surface area contributed by atoms with Crippen LogP contribution in [0.5, 0.6) is 0 Å². The molecule has 1 aliphatic heterocycles. The summed E-state index contributed by atoms with van der Waals surface area (Å²) < 4.78 is 23.0. The van der Waals surface area contributed by atoms with Gasteiger partial charge < -0.3 is 4.90 Å². The van der Waals surface area contributed by atoms with Crippen LogP contribution in [0.2, 0.25) is 0 Å². The van der Waals surface area contributed by atoms with Gasteiger partial charge in [0.1, 0.15) is 0 Å². The molecule has 1 aromatic heterocycles. The minimum atomic E-state index is -3.74. The fourth-order valence-electron chi connectivity index (χ4n) is 3.09. The Kier molecular flexibility index (Phi) is 5.36. The lowest BCUT2D eigenvalue weighted by atomic mass is 10.2. The van der Waals surface area contributed by atoms with Crippen LogP contribution < -0.4 is 10.0 Å². The van der Waals surface area contributed by atoms with Gasteiger partial charge in [0.15, 0.2) is 0 Å². The number of likely N-dealkylation sites (N-methyl/N-ethyl adjacent to an activating group) is 1. The summed E-state index contributed by atoms with van der Waals surface area (Å²) in [6, 6.07) is 10.4. The average Bonchev–Trinajstić information content (AvgIpc) is 3.04. The molecule has 0 saturated carbocycles. The number of rotatable bonds is 6. The van der Waals surface area contributed by atoms with Crippen LogP contribution in [0, 0.1) is 0 Å². The van der Waals surface area contributed by atoms with Crippen LogP contribution in [0.1, 0.15) is 18.2 Å². The van der Waals surface area contributed by atoms with Crippen LogP contribution in [0.3, 0.4) is 0 Å². The second kappa shape index (κ2) is 7.53. The minimum absolute atomic E-state index is 0.00936. The van der Waals surface area contributed by atoms with E-state index >= 15 is 0 Å². The number of benzene rings is 1. The maximum Gasteiger partial charge on any atom is 0.241 e. The van der Waals surface area contributed by atoms with Crippen molar-refractivity contribution in [3.8, 4) is 0 Å². The summed E-state index contributed by atoms with van der Waals surface area (Å²) in [6.45, 7) is 4.17. The molecule has 7 nitrogen and oxygen atoms in total. The van der Waals surface area contributed by atoms with Gasteiger partial charge >= 0.3 is 0 Å². The monoisotopic (exact) mass is 374 g/mol. The van der Waals surface area contributed by atoms with Crippen LogP contribution in [-0.4, -0.2) is 43.8 Å². The molecule has 1 amide bonds. The second-order valence-corrected chi connectivity index (χ2v) is 7.82. The van der Waals surface area contributed by atoms with Crippen molar-refractivity contribution in [2.24, 2.45) is 5.14 Å². The molecule has 3 rings (SSSR count). The van der Waals surface area contributed by atoms with Gasteiger partial charge in [-0.25, -0.2) is 13.6 Å². The number of fused-ring (bicyclic) bond motifs is 1. The predicted molar refractivity (Wildman–Crippen MR) is 99.1 cm³/mol. The molecule has 0 saturated heterocycles. The van der Waals surface area contributed by atoms with E-state index in [-0.39, 0.29) is 17.3 Å². The molecular weight excluding hydrogens is 352 g/mol. The van der Waals surface area contributed by atoms with E-state index < -0.39 is 10.0 Å². The van der Waals surface area contributed by atoms with E-state index in [4.69, 9.17) is 5.14 Å². The number of pyridine rings is 1. The highest BCUT2D eigenvalue weighted by atomic mass is 32.2. The van der Waals surface area contributed by atoms with Gasteiger partial charge in [0.2, 0.25) is 15.9 Å². The number of carbonyl (C=O) groups excluding carboxylic acids is 1. The summed E-state index contributed by atoms with van der Waals surface area (Å²) in [6.07, 6.45) is 2.36. The Morgan fingerprint density at radius 3 is 2.77 bits per heavy atom. The maximum atomic E-state index is 12.8. The first-order valence-electron chi connectivity index (χ1n) is 8.47. The number of nitrogens with zero attached hydrogens (tertiary/aromatic N) is 3. The SMILES string of the molecule is CCN(CC(=O)N1CCc2cc(S(N)(=O)=O)ccc21)Cc1ccccn1. The molecule has 0 radical (unpaired) electrons. The van der Waals surface area contributed by atoms with Crippen LogP contribution in [0.25, 0.3) is 0 Å². The smallest absolute Gasteiger partial charge is 0.241 e. The minimum Gasteiger partial charge on any atom is -0.311 e. The van der Waals surface area contributed by atoms with E-state index in [0.717, 1.165) is 23.5 Å². The average molecular weight is 374 g/mol. The van der Waals surface area contributed by atoms with Gasteiger partial charge in [-0.15, -0.1) is 0 Å². The molecule has 0 bridgehead atoms. The van der Waals surface area contributed by atoms with Crippen molar-refractivity contribution in [3.05, 3.63) is 53.9 Å². The summed E-state index contributed by atoms with van der Waals surface area (Å²) in [5.74, 6) is -0.00936. The van der Waals surface area contributed by atoms with Crippen LogP contribution >= 0.6 is 0 Å². The molecule has 0 spiro atoms. The lowest BCUT2D eigenvalue weighted by Gasteiger charge is -2.24. The van der Waals surface area contributed by atoms with E-state index in [1.165, 1.54) is 6.07 Å². The number of carbonyl (C=O) groups is 1. The van der Waals surface area contributed by atoms with E-state index in [1.54, 1.807) is 23.2 Å². The number of amides is 1. The van der Waals surface area contributed by atoms with Crippen molar-refractivity contribution in [3.63, 3.8) is 0 Å². The predicted octanol–water partition coefficient (Wildman–Crippen LogP) is 1.14. The highest BCUT2D eigenvalue weighted by Crippen LogP contribution is 2.30. The van der Waals surface area contributed by atoms with E-state index in [1.807, 2.05) is 30.0 Å². The Morgan fingerprint density at radius 2 is 2.12 bits per heavy atom. The Balaban J connectivity index is 1.72. The van der Waals surface area contributed by atoms with E-state index in [9.17, 15) is 13.2 Å². The van der Waals surface area contributed by atoms with Gasteiger partial charge in [0.25, 0.3) is 0 Å². The molecule has 8 heteroatoms. The molecule has 2 heterocycles. The van der Waals surface area contributed by atoms with Crippen LogP contribution in [-0.2, 0) is 27.8 Å². The molecule has 1 aliphatic rings. The third-order valence-electron chi connectivity index (χ3n) is 4.49. The zero-order valence-electron chi connectivity index (χ0n) is 14.6. The lowest BCUT2D eigenvalue weighted by molar-refractivity contribution is -0.119. The first-order valence-corrected chi connectivity index (χ1v) is 10.0. The highest BCUT2D eigenvalue weighted by Gasteiger charge is 2.27. The van der Waals surface area contributed by atoms with Crippen molar-refractivity contribution >= 4 is 21.6 Å². The summed E-state index contributed by atoms with van der Waals surface area (Å²) in [5, 5.41) is 5.18. The second-order valence-electron chi connectivity index (χ2n) is 6.26. The summed E-state index contributed by atoms with van der Waals surface area (Å²) in [7, 11) is -3.74. The van der Waals surface area contributed by atoms with Crippen molar-refractivity contribution in [2.75, 3.05) is 24.5 Å². The van der Waals surface area contributed by atoms with Gasteiger partial charge in [-0.2, -0.15) is 0 Å². The standard InChI is InChI=1S/C18H22N4O3S/c1-2-21(12-15-5-3-4-9-20-15)13-18(23)22-10-8-14-11-16(26(19,24)25)6-7-17(14)22/h3-7,9,11H,2,8,10,12-13H2,1H3,(H2,19,24,25). The number of anilines is 1. The van der Waals surface area contributed by atoms with E-state index in [2.05, 4.69) is 4.98 Å². The fraction of sp³-hybridized carbons (Fsp3) is 0.333. The summed E-state index contributed by atoms with van der Waals surface area (Å²) >= 11 is 0. The molecule has 0 fully saturated rings. The molecule has 26 heavy (non-hydrogen) atoms. The largest absolute Gasteiger partial charge is 0.311 e. The molecular formula is C18H22N4O3S. The van der Waals surface area contributed by atoms with E-state index in [0.29, 0.717) is 19.5 Å². The fourth-order valence-corrected chi connectivity index (χ4v) is 3.66. The van der Waals surface area contributed by atoms with Gasteiger partial charge in [-0.1, -0.05) is 13.0 Å². The third kappa shape index (κ3) is 4.09. The summed E-state index contributed by atoms with van der Waals surface area (Å²) in [5.41, 5.74) is 2.51. The quantitative estimate of drug-likeness (QED) is 0.818. The Labute approximate surface area is 153 Å². The first-order chi connectivity index (χ1) is 12.4. The number of sulfonamides is 1. The number of hydrogen-bond donors (Lipinski definition) is 1. The van der Waals surface area contributed by atoms with Gasteiger partial charge in [-0.3, -0.25) is 14.7 Å². The number of aromatic nitrogens is 1. The third-order valence-corrected chi connectivity index (χ3v) is 5.40. The van der Waals surface area contributed by atoms with Crippen molar-refractivity contribution in [1.82, 2.24) is 9.88 Å². The Morgan fingerprint density at radius 1 is 1.31 bits per heavy atom. The molecule has 138 valence electrons. The van der Waals surface area contributed by atoms with Crippen molar-refractivity contribution < 1.29 is 13.2 Å². The molecule has 2 N–H and O–H groups in total. The number of hydrogen-bond acceptors (Lipinski definition) is 5.